The number of anilines is 1. The van der Waals surface area contributed by atoms with Crippen LogP contribution in [0.3, 0.4) is 0 Å². The number of nitrogens with zero attached hydrogens (tertiary/aromatic N) is 3. The molecule has 0 bridgehead atoms. The summed E-state index contributed by atoms with van der Waals surface area (Å²) in [6, 6.07) is 15.8. The van der Waals surface area contributed by atoms with Crippen LogP contribution in [0.25, 0.3) is 0 Å². The molecule has 2 heterocycles. The lowest BCUT2D eigenvalue weighted by molar-refractivity contribution is 0.0738. The Morgan fingerprint density at radius 1 is 1.00 bits per heavy atom. The largest absolute Gasteiger partial charge is 0.378 e. The van der Waals surface area contributed by atoms with E-state index < -0.39 is 0 Å². The Hall–Kier alpha value is -3.09. The minimum atomic E-state index is -0.250. The molecule has 0 radical (unpaired) electrons. The molecule has 190 valence electrons. The van der Waals surface area contributed by atoms with Crippen LogP contribution < -0.4 is 10.3 Å². The Balaban J connectivity index is 1.57. The Labute approximate surface area is 218 Å². The number of methoxy groups -OCH3 is 1. The predicted octanol–water partition coefficient (Wildman–Crippen LogP) is 4.78. The second kappa shape index (κ2) is 11.3. The van der Waals surface area contributed by atoms with E-state index in [1.165, 1.54) is 16.8 Å². The highest BCUT2D eigenvalue weighted by molar-refractivity contribution is 6.30. The summed E-state index contributed by atoms with van der Waals surface area (Å²) in [5.74, 6) is -0.219. The molecule has 0 atom stereocenters. The standard InChI is InChI=1S/C29H34ClN3O3/c1-20-8-9-25(21(2)16-20)31-12-14-32(15-13-31)29(35)28-26(19-36-4)33(22(3)17-27(28)34)11-10-23-6-5-7-24(30)18-23/h5-9,16-18H,10-15,19H2,1-4H3. The number of rotatable bonds is 7. The number of halogens is 1. The van der Waals surface area contributed by atoms with Gasteiger partial charge in [0, 0.05) is 62.3 Å². The topological polar surface area (TPSA) is 54.8 Å². The van der Waals surface area contributed by atoms with Crippen LogP contribution in [0.5, 0.6) is 0 Å². The molecule has 4 rings (SSSR count). The van der Waals surface area contributed by atoms with Gasteiger partial charge in [0.1, 0.15) is 5.56 Å². The van der Waals surface area contributed by atoms with Crippen molar-refractivity contribution in [1.29, 1.82) is 0 Å². The van der Waals surface area contributed by atoms with Crippen molar-refractivity contribution in [2.45, 2.75) is 40.3 Å². The summed E-state index contributed by atoms with van der Waals surface area (Å²) in [6.07, 6.45) is 0.725. The zero-order chi connectivity index (χ0) is 25.8. The van der Waals surface area contributed by atoms with Gasteiger partial charge in [-0.1, -0.05) is 41.4 Å². The van der Waals surface area contributed by atoms with Crippen LogP contribution in [0.4, 0.5) is 5.69 Å². The molecule has 0 unspecified atom stereocenters. The third-order valence-corrected chi connectivity index (χ3v) is 7.13. The lowest BCUT2D eigenvalue weighted by Gasteiger charge is -2.37. The normalized spacial score (nSPS) is 13.8. The summed E-state index contributed by atoms with van der Waals surface area (Å²) in [6.45, 7) is 9.50. The first-order valence-electron chi connectivity index (χ1n) is 12.4. The molecule has 1 fully saturated rings. The molecular formula is C29H34ClN3O3. The zero-order valence-electron chi connectivity index (χ0n) is 21.5. The Morgan fingerprint density at radius 3 is 2.42 bits per heavy atom. The quantitative estimate of drug-likeness (QED) is 0.462. The van der Waals surface area contributed by atoms with E-state index in [0.29, 0.717) is 30.4 Å². The van der Waals surface area contributed by atoms with Gasteiger partial charge in [-0.3, -0.25) is 9.59 Å². The molecule has 3 aromatic rings. The number of benzene rings is 2. The number of hydrogen-bond donors (Lipinski definition) is 0. The molecule has 2 aromatic carbocycles. The first-order chi connectivity index (χ1) is 17.3. The lowest BCUT2D eigenvalue weighted by atomic mass is 10.1. The predicted molar refractivity (Wildman–Crippen MR) is 145 cm³/mol. The molecule has 1 saturated heterocycles. The van der Waals surface area contributed by atoms with Crippen molar-refractivity contribution in [3.05, 3.63) is 97.4 Å². The SMILES string of the molecule is COCc1c(C(=O)N2CCN(c3ccc(C)cc3C)CC2)c(=O)cc(C)n1CCc1cccc(Cl)c1. The maximum atomic E-state index is 13.7. The molecule has 0 aliphatic carbocycles. The fourth-order valence-electron chi connectivity index (χ4n) is 5.06. The van der Waals surface area contributed by atoms with Gasteiger partial charge in [-0.15, -0.1) is 0 Å². The number of amides is 1. The molecule has 1 amide bonds. The number of pyridine rings is 1. The van der Waals surface area contributed by atoms with E-state index in [2.05, 4.69) is 36.9 Å². The van der Waals surface area contributed by atoms with Crippen LogP contribution in [-0.2, 0) is 24.3 Å². The number of ether oxygens (including phenoxy) is 1. The third-order valence-electron chi connectivity index (χ3n) is 6.89. The van der Waals surface area contributed by atoms with Crippen molar-refractivity contribution in [1.82, 2.24) is 9.47 Å². The Morgan fingerprint density at radius 2 is 1.75 bits per heavy atom. The fourth-order valence-corrected chi connectivity index (χ4v) is 5.27. The minimum absolute atomic E-state index is 0.191. The van der Waals surface area contributed by atoms with Crippen molar-refractivity contribution in [2.24, 2.45) is 0 Å². The zero-order valence-corrected chi connectivity index (χ0v) is 22.3. The smallest absolute Gasteiger partial charge is 0.259 e. The first-order valence-corrected chi connectivity index (χ1v) is 12.7. The molecule has 6 nitrogen and oxygen atoms in total. The number of piperazine rings is 1. The summed E-state index contributed by atoms with van der Waals surface area (Å²) in [7, 11) is 1.59. The molecule has 1 aliphatic rings. The average Bonchev–Trinajstić information content (AvgIpc) is 2.84. The van der Waals surface area contributed by atoms with Gasteiger partial charge in [0.15, 0.2) is 5.43 Å². The number of hydrogen-bond acceptors (Lipinski definition) is 4. The summed E-state index contributed by atoms with van der Waals surface area (Å²) in [5, 5.41) is 0.692. The first kappa shape index (κ1) is 26.0. The van der Waals surface area contributed by atoms with E-state index in [1.54, 1.807) is 18.1 Å². The Kier molecular flexibility index (Phi) is 8.17. The van der Waals surface area contributed by atoms with E-state index in [-0.39, 0.29) is 23.5 Å². The van der Waals surface area contributed by atoms with Crippen LogP contribution in [0, 0.1) is 20.8 Å². The Bertz CT molecular complexity index is 1310. The van der Waals surface area contributed by atoms with Gasteiger partial charge in [-0.2, -0.15) is 0 Å². The van der Waals surface area contributed by atoms with E-state index in [9.17, 15) is 9.59 Å². The van der Waals surface area contributed by atoms with Gasteiger partial charge < -0.3 is 19.1 Å². The summed E-state index contributed by atoms with van der Waals surface area (Å²) < 4.78 is 7.50. The van der Waals surface area contributed by atoms with Gasteiger partial charge >= 0.3 is 0 Å². The number of aryl methyl sites for hydroxylation is 4. The maximum Gasteiger partial charge on any atom is 0.259 e. The van der Waals surface area contributed by atoms with Gasteiger partial charge in [-0.25, -0.2) is 0 Å². The maximum absolute atomic E-state index is 13.7. The van der Waals surface area contributed by atoms with Gasteiger partial charge in [0.05, 0.1) is 12.3 Å². The highest BCUT2D eigenvalue weighted by Crippen LogP contribution is 2.23. The van der Waals surface area contributed by atoms with Crippen molar-refractivity contribution in [3.63, 3.8) is 0 Å². The highest BCUT2D eigenvalue weighted by Gasteiger charge is 2.28. The average molecular weight is 508 g/mol. The molecule has 36 heavy (non-hydrogen) atoms. The number of aromatic nitrogens is 1. The van der Waals surface area contributed by atoms with Crippen molar-refractivity contribution < 1.29 is 9.53 Å². The molecule has 1 aromatic heterocycles. The van der Waals surface area contributed by atoms with Crippen LogP contribution in [0.15, 0.2) is 53.3 Å². The van der Waals surface area contributed by atoms with Gasteiger partial charge in [0.2, 0.25) is 0 Å². The van der Waals surface area contributed by atoms with Crippen LogP contribution in [0.1, 0.15) is 38.4 Å². The minimum Gasteiger partial charge on any atom is -0.378 e. The van der Waals surface area contributed by atoms with E-state index in [1.807, 2.05) is 35.8 Å². The van der Waals surface area contributed by atoms with Gasteiger partial charge in [-0.05, 0) is 56.5 Å². The van der Waals surface area contributed by atoms with Crippen LogP contribution in [0.2, 0.25) is 5.02 Å². The van der Waals surface area contributed by atoms with Crippen LogP contribution >= 0.6 is 11.6 Å². The second-order valence-electron chi connectivity index (χ2n) is 9.51. The third kappa shape index (κ3) is 5.66. The summed E-state index contributed by atoms with van der Waals surface area (Å²) in [4.78, 5) is 30.9. The molecular weight excluding hydrogens is 474 g/mol. The monoisotopic (exact) mass is 507 g/mol. The molecule has 1 aliphatic heterocycles. The fraction of sp³-hybridized carbons (Fsp3) is 0.379. The number of carbonyl (C=O) groups excluding carboxylic acids is 1. The molecule has 0 spiro atoms. The molecule has 7 heteroatoms. The van der Waals surface area contributed by atoms with E-state index in [4.69, 9.17) is 16.3 Å². The molecule has 0 N–H and O–H groups in total. The lowest BCUT2D eigenvalue weighted by Crippen LogP contribution is -2.50. The van der Waals surface area contributed by atoms with Crippen molar-refractivity contribution >= 4 is 23.2 Å². The highest BCUT2D eigenvalue weighted by atomic mass is 35.5. The summed E-state index contributed by atoms with van der Waals surface area (Å²) >= 11 is 6.16. The van der Waals surface area contributed by atoms with Crippen molar-refractivity contribution in [3.8, 4) is 0 Å². The number of carbonyl (C=O) groups is 1. The van der Waals surface area contributed by atoms with Gasteiger partial charge in [0.25, 0.3) is 5.91 Å². The summed E-state index contributed by atoms with van der Waals surface area (Å²) in [5.41, 5.74) is 6.18. The molecule has 0 saturated carbocycles. The van der Waals surface area contributed by atoms with Crippen LogP contribution in [-0.4, -0.2) is 48.7 Å². The second-order valence-corrected chi connectivity index (χ2v) is 9.94. The van der Waals surface area contributed by atoms with E-state index >= 15 is 0 Å². The van der Waals surface area contributed by atoms with E-state index in [0.717, 1.165) is 30.8 Å². The van der Waals surface area contributed by atoms with Crippen molar-refractivity contribution in [2.75, 3.05) is 38.2 Å².